The number of thiazole rings is 1. The molecule has 0 radical (unpaired) electrons. The minimum Gasteiger partial charge on any atom is -0.383 e. The van der Waals surface area contributed by atoms with Gasteiger partial charge in [-0.2, -0.15) is 8.42 Å². The molecule has 1 fully saturated rings. The van der Waals surface area contributed by atoms with Gasteiger partial charge in [0.25, 0.3) is 0 Å². The van der Waals surface area contributed by atoms with Crippen LogP contribution in [-0.4, -0.2) is 30.7 Å². The van der Waals surface area contributed by atoms with Gasteiger partial charge in [0.05, 0.1) is 11.9 Å². The number of fused-ring (bicyclic) bond motifs is 7. The van der Waals surface area contributed by atoms with Gasteiger partial charge in [-0.1, -0.05) is 18.1 Å². The lowest BCUT2D eigenvalue weighted by atomic mass is 9.53. The number of benzene rings is 1. The smallest absolute Gasteiger partial charge is 0.306 e. The van der Waals surface area contributed by atoms with Crippen molar-refractivity contribution in [3.05, 3.63) is 57.9 Å². The van der Waals surface area contributed by atoms with E-state index in [1.807, 2.05) is 13.0 Å². The maximum Gasteiger partial charge on any atom is 0.306 e. The second-order valence-electron chi connectivity index (χ2n) is 11.0. The summed E-state index contributed by atoms with van der Waals surface area (Å²) in [5.74, 6) is 1.79. The predicted molar refractivity (Wildman–Crippen MR) is 141 cm³/mol. The number of amides is 1. The monoisotopic (exact) mass is 541 g/mol. The van der Waals surface area contributed by atoms with Crippen LogP contribution in [0.25, 0.3) is 0 Å². The highest BCUT2D eigenvalue weighted by Gasteiger charge is 2.58. The lowest BCUT2D eigenvalue weighted by Crippen LogP contribution is -2.44. The molecular weight excluding hydrogens is 510 g/mol. The molecule has 0 aliphatic heterocycles. The Labute approximate surface area is 220 Å². The summed E-state index contributed by atoms with van der Waals surface area (Å²) >= 11 is 1.48. The third-order valence-corrected chi connectivity index (χ3v) is 10.0. The highest BCUT2D eigenvalue weighted by Crippen LogP contribution is 2.64. The second kappa shape index (κ2) is 8.94. The van der Waals surface area contributed by atoms with Gasteiger partial charge >= 0.3 is 10.1 Å². The van der Waals surface area contributed by atoms with Crippen LogP contribution in [0.4, 0.5) is 5.13 Å². The molecule has 1 saturated carbocycles. The summed E-state index contributed by atoms with van der Waals surface area (Å²) in [4.78, 5) is 18.1. The molecule has 3 aliphatic carbocycles. The molecule has 1 amide bonds. The number of anilines is 1. The fraction of sp³-hybridized carbons (Fsp3) is 0.519. The van der Waals surface area contributed by atoms with E-state index in [1.54, 1.807) is 18.5 Å². The normalized spacial score (nSPS) is 28.1. The van der Waals surface area contributed by atoms with Gasteiger partial charge in [0.2, 0.25) is 5.91 Å². The summed E-state index contributed by atoms with van der Waals surface area (Å²) in [5, 5.41) is 8.07. The van der Waals surface area contributed by atoms with Crippen LogP contribution in [0.2, 0.25) is 0 Å². The van der Waals surface area contributed by atoms with E-state index in [2.05, 4.69) is 28.4 Å². The molecule has 10 heteroatoms. The van der Waals surface area contributed by atoms with Crippen LogP contribution in [0.5, 0.6) is 5.75 Å². The Balaban J connectivity index is 1.26. The van der Waals surface area contributed by atoms with E-state index in [1.165, 1.54) is 22.5 Å². The number of carbonyl (C=O) groups is 1. The van der Waals surface area contributed by atoms with E-state index in [0.717, 1.165) is 54.5 Å². The number of nitrogens with one attached hydrogen (secondary N) is 1. The van der Waals surface area contributed by atoms with E-state index >= 15 is 0 Å². The highest BCUT2D eigenvalue weighted by atomic mass is 32.2. The van der Waals surface area contributed by atoms with Crippen LogP contribution in [0.1, 0.15) is 78.1 Å². The molecule has 37 heavy (non-hydrogen) atoms. The average Bonchev–Trinajstić information content (AvgIpc) is 3.53. The molecule has 3 aromatic rings. The predicted octanol–water partition coefficient (Wildman–Crippen LogP) is 5.31. The zero-order valence-corrected chi connectivity index (χ0v) is 22.8. The Morgan fingerprint density at radius 3 is 2.89 bits per heavy atom. The van der Waals surface area contributed by atoms with E-state index < -0.39 is 10.1 Å². The summed E-state index contributed by atoms with van der Waals surface area (Å²) in [6.45, 7) is 4.30. The van der Waals surface area contributed by atoms with Crippen molar-refractivity contribution in [2.75, 3.05) is 11.6 Å². The standard InChI is InChI=1S/C27H31N3O5S2/c1-15-13-28-26(36-15)29-23(31)9-8-21-22-14-34-30-25(22)27(2)11-10-19-18-7-5-17(35-37(3,32)33)12-16(18)4-6-20(19)24(21)27/h5,7,12-14,19-21,24H,4,6,8-11H2,1-3H3,(H,28,29,31). The number of hydrogen-bond acceptors (Lipinski definition) is 8. The second-order valence-corrected chi connectivity index (χ2v) is 13.8. The molecule has 3 aliphatic rings. The van der Waals surface area contributed by atoms with Crippen molar-refractivity contribution >= 4 is 32.5 Å². The Bertz CT molecular complexity index is 1460. The van der Waals surface area contributed by atoms with Gasteiger partial charge in [0.15, 0.2) is 5.13 Å². The molecule has 5 atom stereocenters. The van der Waals surface area contributed by atoms with Crippen molar-refractivity contribution in [2.45, 2.75) is 69.6 Å². The lowest BCUT2D eigenvalue weighted by molar-refractivity contribution is -0.116. The Morgan fingerprint density at radius 2 is 2.14 bits per heavy atom. The Kier molecular flexibility index (Phi) is 5.95. The first-order chi connectivity index (χ1) is 17.6. The number of aryl methyl sites for hydroxylation is 2. The summed E-state index contributed by atoms with van der Waals surface area (Å²) in [7, 11) is -3.56. The Morgan fingerprint density at radius 1 is 1.30 bits per heavy atom. The maximum absolute atomic E-state index is 12.8. The fourth-order valence-electron chi connectivity index (χ4n) is 7.40. The average molecular weight is 542 g/mol. The van der Waals surface area contributed by atoms with Crippen LogP contribution in [-0.2, 0) is 26.7 Å². The van der Waals surface area contributed by atoms with Crippen molar-refractivity contribution in [3.8, 4) is 5.75 Å². The quantitative estimate of drug-likeness (QED) is 0.421. The van der Waals surface area contributed by atoms with Crippen molar-refractivity contribution in [2.24, 2.45) is 11.8 Å². The number of hydrogen-bond donors (Lipinski definition) is 1. The van der Waals surface area contributed by atoms with Crippen LogP contribution >= 0.6 is 11.3 Å². The molecule has 6 rings (SSSR count). The van der Waals surface area contributed by atoms with Crippen molar-refractivity contribution in [3.63, 3.8) is 0 Å². The van der Waals surface area contributed by atoms with Crippen LogP contribution in [0.15, 0.2) is 35.2 Å². The fourth-order valence-corrected chi connectivity index (χ4v) is 8.54. The molecule has 2 heterocycles. The third kappa shape index (κ3) is 4.37. The topological polar surface area (TPSA) is 111 Å². The highest BCUT2D eigenvalue weighted by molar-refractivity contribution is 7.86. The number of carbonyl (C=O) groups excluding carboxylic acids is 1. The largest absolute Gasteiger partial charge is 0.383 e. The van der Waals surface area contributed by atoms with Gasteiger partial charge in [0, 0.05) is 28.5 Å². The minimum atomic E-state index is -3.56. The molecule has 0 bridgehead atoms. The van der Waals surface area contributed by atoms with E-state index in [-0.39, 0.29) is 17.2 Å². The lowest BCUT2D eigenvalue weighted by Gasteiger charge is -2.50. The third-order valence-electron chi connectivity index (χ3n) is 8.72. The molecule has 0 spiro atoms. The van der Waals surface area contributed by atoms with Crippen molar-refractivity contribution in [1.29, 1.82) is 0 Å². The molecule has 0 saturated heterocycles. The summed E-state index contributed by atoms with van der Waals surface area (Å²) in [6.07, 6.45) is 9.73. The molecular formula is C27H31N3O5S2. The van der Waals surface area contributed by atoms with E-state index in [9.17, 15) is 13.2 Å². The molecule has 1 N–H and O–H groups in total. The van der Waals surface area contributed by atoms with Gasteiger partial charge in [-0.3, -0.25) is 4.79 Å². The summed E-state index contributed by atoms with van der Waals surface area (Å²) in [6, 6.07) is 5.73. The maximum atomic E-state index is 12.8. The number of rotatable bonds is 6. The molecule has 8 nitrogen and oxygen atoms in total. The van der Waals surface area contributed by atoms with Crippen LogP contribution in [0.3, 0.4) is 0 Å². The molecule has 196 valence electrons. The SMILES string of the molecule is Cc1cnc(NC(=O)CCC2c3conc3C3(C)CCC4c5ccc(OS(C)(=O)=O)cc5CCC4C23)s1. The van der Waals surface area contributed by atoms with Crippen LogP contribution < -0.4 is 9.50 Å². The van der Waals surface area contributed by atoms with Gasteiger partial charge in [-0.05, 0) is 86.0 Å². The van der Waals surface area contributed by atoms with Crippen molar-refractivity contribution < 1.29 is 21.9 Å². The first-order valence-corrected chi connectivity index (χ1v) is 15.4. The molecule has 5 unspecified atom stereocenters. The number of aromatic nitrogens is 2. The summed E-state index contributed by atoms with van der Waals surface area (Å²) in [5.41, 5.74) is 4.64. The van der Waals surface area contributed by atoms with Gasteiger partial charge in [-0.25, -0.2) is 4.98 Å². The number of nitrogens with zero attached hydrogens (tertiary/aromatic N) is 2. The first kappa shape index (κ1) is 24.6. The zero-order chi connectivity index (χ0) is 25.9. The first-order valence-electron chi connectivity index (χ1n) is 12.8. The zero-order valence-electron chi connectivity index (χ0n) is 21.2. The van der Waals surface area contributed by atoms with Gasteiger partial charge in [0.1, 0.15) is 12.0 Å². The minimum absolute atomic E-state index is 0.0132. The summed E-state index contributed by atoms with van der Waals surface area (Å²) < 4.78 is 33.9. The van der Waals surface area contributed by atoms with Crippen LogP contribution in [0, 0.1) is 18.8 Å². The van der Waals surface area contributed by atoms with E-state index in [0.29, 0.717) is 35.1 Å². The van der Waals surface area contributed by atoms with E-state index in [4.69, 9.17) is 8.71 Å². The Hall–Kier alpha value is -2.72. The van der Waals surface area contributed by atoms with Crippen molar-refractivity contribution in [1.82, 2.24) is 10.1 Å². The van der Waals surface area contributed by atoms with Gasteiger partial charge in [-0.15, -0.1) is 11.3 Å². The molecule has 2 aromatic heterocycles. The van der Waals surface area contributed by atoms with Gasteiger partial charge < -0.3 is 14.0 Å². The molecule has 1 aromatic carbocycles.